The standard InChI is InChI=1S/C19H17ClFN3O.C6H8N2/c1-10-7-15-17(14-4-3-13(20)8-16(14)21)23-18(12-5-6-25-9-12)24-19(15)22-11(10)2;1-4-7-8(5-1)6-2-3-6/h3-4,7-8,12H,5-6,9H2,1-2H3;1,4-6H,2-3H2. The third-order valence-electron chi connectivity index (χ3n) is 6.07. The quantitative estimate of drug-likeness (QED) is 0.381. The van der Waals surface area contributed by atoms with Gasteiger partial charge in [-0.25, -0.2) is 19.3 Å². The number of hydrogen-bond acceptors (Lipinski definition) is 5. The second kappa shape index (κ2) is 9.15. The van der Waals surface area contributed by atoms with Crippen molar-refractivity contribution in [1.29, 1.82) is 0 Å². The second-order valence-corrected chi connectivity index (χ2v) is 9.03. The summed E-state index contributed by atoms with van der Waals surface area (Å²) < 4.78 is 22.1. The third-order valence-corrected chi connectivity index (χ3v) is 6.31. The SMILES string of the molecule is Cc1cc2c(-c3ccc(Cl)cc3F)nc(C3CCOC3)nc2nc1C.c1cnn(C2CC2)c1. The van der Waals surface area contributed by atoms with Crippen LogP contribution in [-0.4, -0.2) is 37.9 Å². The average molecular weight is 466 g/mol. The first-order chi connectivity index (χ1) is 16.0. The Morgan fingerprint density at radius 1 is 1.09 bits per heavy atom. The summed E-state index contributed by atoms with van der Waals surface area (Å²) in [4.78, 5) is 13.9. The highest BCUT2D eigenvalue weighted by Gasteiger charge is 2.24. The van der Waals surface area contributed by atoms with Gasteiger partial charge in [0.2, 0.25) is 0 Å². The van der Waals surface area contributed by atoms with E-state index in [2.05, 4.69) is 15.1 Å². The van der Waals surface area contributed by atoms with E-state index in [4.69, 9.17) is 21.3 Å². The maximum atomic E-state index is 14.6. The Kier molecular flexibility index (Phi) is 6.08. The van der Waals surface area contributed by atoms with Crippen LogP contribution >= 0.6 is 11.6 Å². The van der Waals surface area contributed by atoms with Gasteiger partial charge in [0, 0.05) is 46.6 Å². The molecule has 1 saturated carbocycles. The maximum Gasteiger partial charge on any atom is 0.163 e. The molecule has 1 atom stereocenters. The molecule has 1 aliphatic carbocycles. The Hall–Kier alpha value is -2.90. The van der Waals surface area contributed by atoms with Crippen LogP contribution in [0.15, 0.2) is 42.7 Å². The van der Waals surface area contributed by atoms with Crippen molar-refractivity contribution in [2.75, 3.05) is 13.2 Å². The molecule has 0 N–H and O–H groups in total. The number of nitrogens with zero attached hydrogens (tertiary/aromatic N) is 5. The summed E-state index contributed by atoms with van der Waals surface area (Å²) in [6.45, 7) is 5.19. The molecular weight excluding hydrogens is 441 g/mol. The summed E-state index contributed by atoms with van der Waals surface area (Å²) in [5.74, 6) is 0.367. The van der Waals surface area contributed by atoms with E-state index in [1.807, 2.05) is 43.1 Å². The molecule has 1 aromatic carbocycles. The Morgan fingerprint density at radius 2 is 1.94 bits per heavy atom. The second-order valence-electron chi connectivity index (χ2n) is 8.59. The molecule has 2 fully saturated rings. The molecule has 170 valence electrons. The molecule has 4 heterocycles. The average Bonchev–Trinajstić information content (AvgIpc) is 3.25. The lowest BCUT2D eigenvalue weighted by Crippen LogP contribution is -2.08. The number of hydrogen-bond donors (Lipinski definition) is 0. The number of benzene rings is 1. The van der Waals surface area contributed by atoms with Crippen LogP contribution in [0.5, 0.6) is 0 Å². The van der Waals surface area contributed by atoms with Crippen LogP contribution in [0, 0.1) is 19.7 Å². The number of fused-ring (bicyclic) bond motifs is 1. The fourth-order valence-electron chi connectivity index (χ4n) is 3.90. The maximum absolute atomic E-state index is 14.6. The molecule has 2 aliphatic rings. The van der Waals surface area contributed by atoms with Gasteiger partial charge in [-0.05, 0) is 69.0 Å². The number of pyridine rings is 1. The van der Waals surface area contributed by atoms with E-state index in [1.165, 1.54) is 18.9 Å². The molecule has 1 aliphatic heterocycles. The lowest BCUT2D eigenvalue weighted by atomic mass is 10.0. The van der Waals surface area contributed by atoms with E-state index in [1.54, 1.807) is 12.1 Å². The summed E-state index contributed by atoms with van der Waals surface area (Å²) in [5.41, 5.74) is 3.47. The van der Waals surface area contributed by atoms with E-state index < -0.39 is 5.82 Å². The zero-order valence-corrected chi connectivity index (χ0v) is 19.4. The first kappa shape index (κ1) is 21.9. The Balaban J connectivity index is 0.000000238. The molecule has 3 aromatic heterocycles. The van der Waals surface area contributed by atoms with Crippen molar-refractivity contribution in [3.8, 4) is 11.3 Å². The first-order valence-electron chi connectivity index (χ1n) is 11.2. The predicted molar refractivity (Wildman–Crippen MR) is 126 cm³/mol. The molecule has 6 rings (SSSR count). The highest BCUT2D eigenvalue weighted by molar-refractivity contribution is 6.30. The summed E-state index contributed by atoms with van der Waals surface area (Å²) in [5, 5.41) is 5.19. The largest absolute Gasteiger partial charge is 0.381 e. The normalized spacial score (nSPS) is 17.8. The summed E-state index contributed by atoms with van der Waals surface area (Å²) in [6, 6.07) is 9.31. The minimum absolute atomic E-state index is 0.113. The van der Waals surface area contributed by atoms with Gasteiger partial charge in [-0.15, -0.1) is 0 Å². The van der Waals surface area contributed by atoms with Crippen molar-refractivity contribution in [1.82, 2.24) is 24.7 Å². The molecular formula is C25H25ClFN5O. The van der Waals surface area contributed by atoms with Crippen molar-refractivity contribution < 1.29 is 9.13 Å². The highest BCUT2D eigenvalue weighted by atomic mass is 35.5. The lowest BCUT2D eigenvalue weighted by Gasteiger charge is -2.13. The van der Waals surface area contributed by atoms with Crippen molar-refractivity contribution in [2.45, 2.75) is 45.1 Å². The van der Waals surface area contributed by atoms with Crippen molar-refractivity contribution >= 4 is 22.6 Å². The van der Waals surface area contributed by atoms with Crippen molar-refractivity contribution in [3.05, 3.63) is 70.6 Å². The van der Waals surface area contributed by atoms with E-state index in [-0.39, 0.29) is 5.92 Å². The van der Waals surface area contributed by atoms with E-state index in [0.29, 0.717) is 41.0 Å². The third kappa shape index (κ3) is 4.75. The zero-order valence-electron chi connectivity index (χ0n) is 18.6. The Morgan fingerprint density at radius 3 is 2.61 bits per heavy atom. The molecule has 1 unspecified atom stereocenters. The summed E-state index contributed by atoms with van der Waals surface area (Å²) >= 11 is 5.90. The summed E-state index contributed by atoms with van der Waals surface area (Å²) in [6.07, 6.45) is 7.36. The minimum Gasteiger partial charge on any atom is -0.381 e. The zero-order chi connectivity index (χ0) is 22.9. The van der Waals surface area contributed by atoms with E-state index in [9.17, 15) is 4.39 Å². The molecule has 8 heteroatoms. The predicted octanol–water partition coefficient (Wildman–Crippen LogP) is 5.82. The molecule has 6 nitrogen and oxygen atoms in total. The van der Waals surface area contributed by atoms with E-state index >= 15 is 0 Å². The highest BCUT2D eigenvalue weighted by Crippen LogP contribution is 2.34. The topological polar surface area (TPSA) is 65.7 Å². The van der Waals surface area contributed by atoms with Crippen LogP contribution < -0.4 is 0 Å². The molecule has 33 heavy (non-hydrogen) atoms. The van der Waals surface area contributed by atoms with Crippen molar-refractivity contribution in [3.63, 3.8) is 0 Å². The van der Waals surface area contributed by atoms with Crippen LogP contribution in [0.3, 0.4) is 0 Å². The molecule has 0 bridgehead atoms. The van der Waals surface area contributed by atoms with Gasteiger partial charge in [0.05, 0.1) is 18.3 Å². The van der Waals surface area contributed by atoms with Gasteiger partial charge in [-0.3, -0.25) is 4.68 Å². The fourth-order valence-corrected chi connectivity index (χ4v) is 4.06. The fraction of sp³-hybridized carbons (Fsp3) is 0.360. The van der Waals surface area contributed by atoms with Crippen LogP contribution in [0.4, 0.5) is 4.39 Å². The first-order valence-corrected chi connectivity index (χ1v) is 11.6. The van der Waals surface area contributed by atoms with Gasteiger partial charge in [0.15, 0.2) is 5.65 Å². The van der Waals surface area contributed by atoms with Crippen LogP contribution in [0.1, 0.15) is 48.3 Å². The molecule has 0 amide bonds. The monoisotopic (exact) mass is 465 g/mol. The smallest absolute Gasteiger partial charge is 0.163 e. The number of ether oxygens (including phenoxy) is 1. The van der Waals surface area contributed by atoms with Gasteiger partial charge in [-0.2, -0.15) is 5.10 Å². The lowest BCUT2D eigenvalue weighted by molar-refractivity contribution is 0.193. The number of rotatable bonds is 3. The molecule has 1 saturated heterocycles. The van der Waals surface area contributed by atoms with Gasteiger partial charge >= 0.3 is 0 Å². The molecule has 4 aromatic rings. The molecule has 0 radical (unpaired) electrons. The van der Waals surface area contributed by atoms with Crippen LogP contribution in [0.25, 0.3) is 22.3 Å². The van der Waals surface area contributed by atoms with Crippen LogP contribution in [0.2, 0.25) is 5.02 Å². The van der Waals surface area contributed by atoms with Gasteiger partial charge in [0.25, 0.3) is 0 Å². The number of halogens is 2. The Labute approximate surface area is 196 Å². The molecule has 0 spiro atoms. The van der Waals surface area contributed by atoms with Gasteiger partial charge in [-0.1, -0.05) is 11.6 Å². The van der Waals surface area contributed by atoms with Crippen LogP contribution in [-0.2, 0) is 4.74 Å². The minimum atomic E-state index is -0.403. The Bertz CT molecular complexity index is 1280. The van der Waals surface area contributed by atoms with Crippen molar-refractivity contribution in [2.24, 2.45) is 0 Å². The van der Waals surface area contributed by atoms with E-state index in [0.717, 1.165) is 29.1 Å². The number of aryl methyl sites for hydroxylation is 2. The number of aromatic nitrogens is 5. The van der Waals surface area contributed by atoms with Gasteiger partial charge < -0.3 is 4.74 Å². The van der Waals surface area contributed by atoms with Gasteiger partial charge in [0.1, 0.15) is 11.6 Å². The summed E-state index contributed by atoms with van der Waals surface area (Å²) in [7, 11) is 0.